The lowest BCUT2D eigenvalue weighted by Crippen LogP contribution is -2.31. The Labute approximate surface area is 125 Å². The smallest absolute Gasteiger partial charge is 0.222 e. The number of rotatable bonds is 6. The van der Waals surface area contributed by atoms with Crippen LogP contribution in [-0.4, -0.2) is 33.2 Å². The highest BCUT2D eigenvalue weighted by molar-refractivity contribution is 5.77. The molecule has 1 aromatic carbocycles. The second-order valence-electron chi connectivity index (χ2n) is 5.66. The predicted molar refractivity (Wildman–Crippen MR) is 82.9 cm³/mol. The summed E-state index contributed by atoms with van der Waals surface area (Å²) in [5.74, 6) is 0.918. The number of amides is 1. The van der Waals surface area contributed by atoms with E-state index in [1.807, 2.05) is 45.0 Å². The summed E-state index contributed by atoms with van der Waals surface area (Å²) in [4.78, 5) is 16.2. The van der Waals surface area contributed by atoms with Crippen molar-refractivity contribution in [3.63, 3.8) is 0 Å². The molecule has 5 nitrogen and oxygen atoms in total. The zero-order valence-corrected chi connectivity index (χ0v) is 12.8. The van der Waals surface area contributed by atoms with Gasteiger partial charge in [-0.1, -0.05) is 26.0 Å². The van der Waals surface area contributed by atoms with Gasteiger partial charge in [0.2, 0.25) is 5.91 Å². The Kier molecular flexibility index (Phi) is 4.96. The van der Waals surface area contributed by atoms with E-state index in [0.717, 1.165) is 16.9 Å². The summed E-state index contributed by atoms with van der Waals surface area (Å²) in [5, 5.41) is 12.5. The lowest BCUT2D eigenvalue weighted by molar-refractivity contribution is -0.123. The third-order valence-corrected chi connectivity index (χ3v) is 3.67. The van der Waals surface area contributed by atoms with Crippen LogP contribution >= 0.6 is 0 Å². The molecule has 0 saturated heterocycles. The minimum atomic E-state index is -0.583. The molecule has 1 amide bonds. The van der Waals surface area contributed by atoms with Crippen LogP contribution in [0.25, 0.3) is 11.0 Å². The third-order valence-electron chi connectivity index (χ3n) is 3.67. The summed E-state index contributed by atoms with van der Waals surface area (Å²) in [6, 6.07) is 7.96. The van der Waals surface area contributed by atoms with Crippen molar-refractivity contribution in [1.82, 2.24) is 14.9 Å². The SMILES string of the molecule is Cc1nc2ccccc2n1CCNC(=O)CC(O)C(C)C. The first-order valence-corrected chi connectivity index (χ1v) is 7.35. The summed E-state index contributed by atoms with van der Waals surface area (Å²) in [5.41, 5.74) is 2.04. The van der Waals surface area contributed by atoms with Crippen LogP contribution in [0.5, 0.6) is 0 Å². The fourth-order valence-electron chi connectivity index (χ4n) is 2.28. The molecule has 114 valence electrons. The number of carbonyl (C=O) groups excluding carboxylic acids is 1. The van der Waals surface area contributed by atoms with E-state index >= 15 is 0 Å². The summed E-state index contributed by atoms with van der Waals surface area (Å²) in [6.07, 6.45) is -0.428. The highest BCUT2D eigenvalue weighted by Gasteiger charge is 2.14. The molecular formula is C16H23N3O2. The molecule has 2 aromatic rings. The van der Waals surface area contributed by atoms with Crippen molar-refractivity contribution in [1.29, 1.82) is 0 Å². The Morgan fingerprint density at radius 2 is 2.10 bits per heavy atom. The van der Waals surface area contributed by atoms with Gasteiger partial charge in [0.05, 0.1) is 23.6 Å². The summed E-state index contributed by atoms with van der Waals surface area (Å²) in [7, 11) is 0. The quantitative estimate of drug-likeness (QED) is 0.853. The average Bonchev–Trinajstić information content (AvgIpc) is 2.75. The molecule has 21 heavy (non-hydrogen) atoms. The number of aliphatic hydroxyl groups is 1. The fraction of sp³-hybridized carbons (Fsp3) is 0.500. The van der Waals surface area contributed by atoms with Gasteiger partial charge in [0.1, 0.15) is 5.82 Å². The number of fused-ring (bicyclic) bond motifs is 1. The van der Waals surface area contributed by atoms with E-state index in [2.05, 4.69) is 14.9 Å². The topological polar surface area (TPSA) is 67.2 Å². The number of hydrogen-bond acceptors (Lipinski definition) is 3. The first kappa shape index (κ1) is 15.5. The number of aromatic nitrogens is 2. The summed E-state index contributed by atoms with van der Waals surface area (Å²) in [6.45, 7) is 6.98. The number of hydrogen-bond donors (Lipinski definition) is 2. The maximum atomic E-state index is 11.7. The molecular weight excluding hydrogens is 266 g/mol. The van der Waals surface area contributed by atoms with Gasteiger partial charge in [-0.05, 0) is 25.0 Å². The number of nitrogens with zero attached hydrogens (tertiary/aromatic N) is 2. The van der Waals surface area contributed by atoms with Crippen molar-refractivity contribution in [3.05, 3.63) is 30.1 Å². The van der Waals surface area contributed by atoms with Crippen LogP contribution in [0.1, 0.15) is 26.1 Å². The summed E-state index contributed by atoms with van der Waals surface area (Å²) < 4.78 is 2.09. The van der Waals surface area contributed by atoms with Crippen LogP contribution < -0.4 is 5.32 Å². The van der Waals surface area contributed by atoms with Crippen molar-refractivity contribution in [2.45, 2.75) is 39.8 Å². The van der Waals surface area contributed by atoms with Crippen LogP contribution in [0.4, 0.5) is 0 Å². The maximum Gasteiger partial charge on any atom is 0.222 e. The second-order valence-corrected chi connectivity index (χ2v) is 5.66. The van der Waals surface area contributed by atoms with Crippen molar-refractivity contribution in [3.8, 4) is 0 Å². The average molecular weight is 289 g/mol. The van der Waals surface area contributed by atoms with Gasteiger partial charge in [-0.2, -0.15) is 0 Å². The Morgan fingerprint density at radius 3 is 2.81 bits per heavy atom. The van der Waals surface area contributed by atoms with E-state index in [4.69, 9.17) is 0 Å². The second kappa shape index (κ2) is 6.72. The molecule has 0 spiro atoms. The van der Waals surface area contributed by atoms with Crippen molar-refractivity contribution >= 4 is 16.9 Å². The van der Waals surface area contributed by atoms with Crippen molar-refractivity contribution in [2.75, 3.05) is 6.54 Å². The van der Waals surface area contributed by atoms with E-state index < -0.39 is 6.10 Å². The van der Waals surface area contributed by atoms with Crippen molar-refractivity contribution in [2.24, 2.45) is 5.92 Å². The molecule has 1 atom stereocenters. The molecule has 1 aromatic heterocycles. The van der Waals surface area contributed by atoms with Gasteiger partial charge in [-0.25, -0.2) is 4.98 Å². The molecule has 0 radical (unpaired) electrons. The van der Waals surface area contributed by atoms with E-state index in [1.165, 1.54) is 0 Å². The Bertz CT molecular complexity index is 619. The zero-order chi connectivity index (χ0) is 15.4. The molecule has 0 bridgehead atoms. The number of benzene rings is 1. The van der Waals surface area contributed by atoms with Crippen LogP contribution in [-0.2, 0) is 11.3 Å². The van der Waals surface area contributed by atoms with Crippen molar-refractivity contribution < 1.29 is 9.90 Å². The lowest BCUT2D eigenvalue weighted by atomic mass is 10.0. The monoisotopic (exact) mass is 289 g/mol. The minimum Gasteiger partial charge on any atom is -0.392 e. The Morgan fingerprint density at radius 1 is 1.38 bits per heavy atom. The van der Waals surface area contributed by atoms with E-state index in [1.54, 1.807) is 0 Å². The molecule has 5 heteroatoms. The van der Waals surface area contributed by atoms with Gasteiger partial charge in [0, 0.05) is 13.1 Å². The van der Waals surface area contributed by atoms with Gasteiger partial charge in [0.25, 0.3) is 0 Å². The van der Waals surface area contributed by atoms with Crippen LogP contribution in [0, 0.1) is 12.8 Å². The Hall–Kier alpha value is -1.88. The lowest BCUT2D eigenvalue weighted by Gasteiger charge is -2.14. The molecule has 0 aliphatic rings. The van der Waals surface area contributed by atoms with Crippen LogP contribution in [0.2, 0.25) is 0 Å². The molecule has 2 rings (SSSR count). The molecule has 0 aliphatic carbocycles. The van der Waals surface area contributed by atoms with Crippen LogP contribution in [0.15, 0.2) is 24.3 Å². The number of nitrogens with one attached hydrogen (secondary N) is 1. The highest BCUT2D eigenvalue weighted by atomic mass is 16.3. The third kappa shape index (κ3) is 3.82. The molecule has 2 N–H and O–H groups in total. The molecule has 0 aliphatic heterocycles. The number of aliphatic hydroxyl groups excluding tert-OH is 1. The van der Waals surface area contributed by atoms with E-state index in [-0.39, 0.29) is 18.2 Å². The number of carbonyl (C=O) groups is 1. The predicted octanol–water partition coefficient (Wildman–Crippen LogP) is 1.87. The zero-order valence-electron chi connectivity index (χ0n) is 12.8. The Balaban J connectivity index is 1.91. The first-order chi connectivity index (χ1) is 9.99. The molecule has 1 unspecified atom stereocenters. The van der Waals surface area contributed by atoms with Gasteiger partial charge >= 0.3 is 0 Å². The summed E-state index contributed by atoms with van der Waals surface area (Å²) >= 11 is 0. The minimum absolute atomic E-state index is 0.0931. The maximum absolute atomic E-state index is 11.7. The molecule has 0 fully saturated rings. The van der Waals surface area contributed by atoms with Gasteiger partial charge in [-0.15, -0.1) is 0 Å². The number of aryl methyl sites for hydroxylation is 1. The van der Waals surface area contributed by atoms with Gasteiger partial charge in [-0.3, -0.25) is 4.79 Å². The standard InChI is InChI=1S/C16H23N3O2/c1-11(2)15(20)10-16(21)17-8-9-19-12(3)18-13-6-4-5-7-14(13)19/h4-7,11,15,20H,8-10H2,1-3H3,(H,17,21). The van der Waals surface area contributed by atoms with Crippen LogP contribution in [0.3, 0.4) is 0 Å². The largest absolute Gasteiger partial charge is 0.392 e. The van der Waals surface area contributed by atoms with E-state index in [9.17, 15) is 9.90 Å². The number of imidazole rings is 1. The normalized spacial score (nSPS) is 12.8. The number of para-hydroxylation sites is 2. The molecule has 1 heterocycles. The highest BCUT2D eigenvalue weighted by Crippen LogP contribution is 2.14. The first-order valence-electron chi connectivity index (χ1n) is 7.35. The fourth-order valence-corrected chi connectivity index (χ4v) is 2.28. The van der Waals surface area contributed by atoms with Gasteiger partial charge < -0.3 is 15.0 Å². The molecule has 0 saturated carbocycles. The van der Waals surface area contributed by atoms with Gasteiger partial charge in [0.15, 0.2) is 0 Å². The van der Waals surface area contributed by atoms with E-state index in [0.29, 0.717) is 13.1 Å².